The van der Waals surface area contributed by atoms with Gasteiger partial charge in [-0.05, 0) is 19.9 Å². The zero-order valence-corrected chi connectivity index (χ0v) is 15.5. The monoisotopic (exact) mass is 371 g/mol. The van der Waals surface area contributed by atoms with Crippen LogP contribution in [0.1, 0.15) is 19.8 Å². The maximum absolute atomic E-state index is 11.8. The molecule has 1 saturated heterocycles. The predicted molar refractivity (Wildman–Crippen MR) is 95.6 cm³/mol. The number of hydrogen-bond acceptors (Lipinski definition) is 7. The maximum atomic E-state index is 11.8. The Balaban J connectivity index is 2.14. The van der Waals surface area contributed by atoms with Crippen LogP contribution in [0, 0.1) is 0 Å². The van der Waals surface area contributed by atoms with Gasteiger partial charge in [0.25, 0.3) is 0 Å². The lowest BCUT2D eigenvalue weighted by Gasteiger charge is -2.26. The molecule has 0 aromatic heterocycles. The van der Waals surface area contributed by atoms with Gasteiger partial charge in [0.1, 0.15) is 0 Å². The lowest BCUT2D eigenvalue weighted by molar-refractivity contribution is -0.139. The number of nitrogens with one attached hydrogen (secondary N) is 3. The van der Waals surface area contributed by atoms with Crippen molar-refractivity contribution in [2.45, 2.75) is 19.8 Å². The van der Waals surface area contributed by atoms with Crippen molar-refractivity contribution >= 4 is 23.4 Å². The molecule has 1 aliphatic rings. The van der Waals surface area contributed by atoms with E-state index in [1.807, 2.05) is 0 Å². The van der Waals surface area contributed by atoms with E-state index in [1.165, 1.54) is 7.11 Å². The summed E-state index contributed by atoms with van der Waals surface area (Å²) in [6.45, 7) is 7.04. The average Bonchev–Trinajstić information content (AvgIpc) is 2.64. The van der Waals surface area contributed by atoms with Crippen LogP contribution in [0.25, 0.3) is 0 Å². The Morgan fingerprint density at radius 2 is 1.85 bits per heavy atom. The van der Waals surface area contributed by atoms with E-state index >= 15 is 0 Å². The highest BCUT2D eigenvalue weighted by molar-refractivity contribution is 6.35. The van der Waals surface area contributed by atoms with E-state index in [-0.39, 0.29) is 18.9 Å². The third-order valence-corrected chi connectivity index (χ3v) is 3.64. The van der Waals surface area contributed by atoms with E-state index in [1.54, 1.807) is 6.92 Å². The molecule has 0 spiro atoms. The minimum Gasteiger partial charge on any atom is -0.383 e. The van der Waals surface area contributed by atoms with Gasteiger partial charge in [-0.2, -0.15) is 5.10 Å². The third-order valence-electron chi connectivity index (χ3n) is 3.64. The Labute approximate surface area is 153 Å². The van der Waals surface area contributed by atoms with Crippen molar-refractivity contribution in [1.82, 2.24) is 21.0 Å². The molecule has 0 aromatic rings. The average molecular weight is 371 g/mol. The normalized spacial score (nSPS) is 15.4. The van der Waals surface area contributed by atoms with Crippen LogP contribution in [0.15, 0.2) is 5.10 Å². The summed E-state index contributed by atoms with van der Waals surface area (Å²) >= 11 is 0. The molecule has 148 valence electrons. The summed E-state index contributed by atoms with van der Waals surface area (Å²) in [4.78, 5) is 37.0. The molecular formula is C16H29N5O5. The van der Waals surface area contributed by atoms with Gasteiger partial charge < -0.3 is 20.1 Å². The summed E-state index contributed by atoms with van der Waals surface area (Å²) in [6, 6.07) is 0. The topological polar surface area (TPSA) is 121 Å². The number of amides is 3. The molecule has 0 aromatic carbocycles. The maximum Gasteiger partial charge on any atom is 0.329 e. The van der Waals surface area contributed by atoms with Gasteiger partial charge in [0.05, 0.1) is 26.2 Å². The fourth-order valence-electron chi connectivity index (χ4n) is 2.23. The molecule has 1 aliphatic heterocycles. The second-order valence-electron chi connectivity index (χ2n) is 5.87. The summed E-state index contributed by atoms with van der Waals surface area (Å²) < 4.78 is 10.0. The van der Waals surface area contributed by atoms with Crippen LogP contribution in [-0.4, -0.2) is 88.0 Å². The second-order valence-corrected chi connectivity index (χ2v) is 5.87. The van der Waals surface area contributed by atoms with Crippen molar-refractivity contribution in [1.29, 1.82) is 0 Å². The molecule has 3 N–H and O–H groups in total. The van der Waals surface area contributed by atoms with Crippen LogP contribution < -0.4 is 16.1 Å². The fraction of sp³-hybridized carbons (Fsp3) is 0.750. The largest absolute Gasteiger partial charge is 0.383 e. The van der Waals surface area contributed by atoms with E-state index in [0.717, 1.165) is 39.3 Å². The molecule has 0 radical (unpaired) electrons. The highest BCUT2D eigenvalue weighted by atomic mass is 16.5. The van der Waals surface area contributed by atoms with Crippen molar-refractivity contribution in [3.63, 3.8) is 0 Å². The van der Waals surface area contributed by atoms with Gasteiger partial charge in [-0.1, -0.05) is 0 Å². The molecule has 0 aliphatic carbocycles. The molecule has 1 rings (SSSR count). The Hall–Kier alpha value is -2.04. The Bertz CT molecular complexity index is 491. The van der Waals surface area contributed by atoms with Crippen LogP contribution in [0.4, 0.5) is 0 Å². The Morgan fingerprint density at radius 3 is 2.54 bits per heavy atom. The smallest absolute Gasteiger partial charge is 0.329 e. The van der Waals surface area contributed by atoms with Gasteiger partial charge >= 0.3 is 11.8 Å². The van der Waals surface area contributed by atoms with Crippen LogP contribution in [0.5, 0.6) is 0 Å². The number of carbonyl (C=O) groups is 3. The summed E-state index contributed by atoms with van der Waals surface area (Å²) in [5, 5.41) is 8.94. The first-order valence-corrected chi connectivity index (χ1v) is 8.70. The van der Waals surface area contributed by atoms with E-state index in [9.17, 15) is 14.4 Å². The minimum absolute atomic E-state index is 0.0587. The summed E-state index contributed by atoms with van der Waals surface area (Å²) in [5.41, 5.74) is 2.53. The molecule has 1 fully saturated rings. The molecule has 0 atom stereocenters. The first kappa shape index (κ1) is 22.0. The van der Waals surface area contributed by atoms with Crippen molar-refractivity contribution in [2.75, 3.05) is 59.7 Å². The molecule has 0 saturated carbocycles. The van der Waals surface area contributed by atoms with Gasteiger partial charge in [0, 0.05) is 39.0 Å². The fourth-order valence-corrected chi connectivity index (χ4v) is 2.23. The zero-order valence-electron chi connectivity index (χ0n) is 15.5. The standard InChI is InChI=1S/C16H29N5O5/c1-13(19-20-16(24)15(23)18-5-9-25-2)12-14(22)17-4-3-6-21-7-10-26-11-8-21/h3-12H2,1-2H3,(H,17,22)(H,18,23)(H,20,24)/b19-13+. The van der Waals surface area contributed by atoms with Crippen LogP contribution >= 0.6 is 0 Å². The molecule has 1 heterocycles. The first-order valence-electron chi connectivity index (χ1n) is 8.70. The summed E-state index contributed by atoms with van der Waals surface area (Å²) in [6.07, 6.45) is 0.920. The lowest BCUT2D eigenvalue weighted by Crippen LogP contribution is -2.39. The van der Waals surface area contributed by atoms with E-state index in [0.29, 0.717) is 18.9 Å². The van der Waals surface area contributed by atoms with Gasteiger partial charge in [-0.25, -0.2) is 5.43 Å². The molecule has 10 heteroatoms. The predicted octanol–water partition coefficient (Wildman–Crippen LogP) is -1.53. The highest BCUT2D eigenvalue weighted by Gasteiger charge is 2.12. The number of rotatable bonds is 10. The molecule has 0 bridgehead atoms. The van der Waals surface area contributed by atoms with Crippen molar-refractivity contribution < 1.29 is 23.9 Å². The number of methoxy groups -OCH3 is 1. The number of nitrogens with zero attached hydrogens (tertiary/aromatic N) is 2. The number of carbonyl (C=O) groups excluding carboxylic acids is 3. The minimum atomic E-state index is -0.883. The quantitative estimate of drug-likeness (QED) is 0.185. The Kier molecular flexibility index (Phi) is 11.2. The molecule has 26 heavy (non-hydrogen) atoms. The molecule has 0 unspecified atom stereocenters. The summed E-state index contributed by atoms with van der Waals surface area (Å²) in [5.74, 6) is -1.86. The SMILES string of the molecule is COCCNC(=O)C(=O)N/N=C(\C)CC(=O)NCCCN1CCOCC1. The zero-order chi connectivity index (χ0) is 19.2. The number of hydrogen-bond donors (Lipinski definition) is 3. The van der Waals surface area contributed by atoms with Gasteiger partial charge in [0.2, 0.25) is 5.91 Å². The van der Waals surface area contributed by atoms with Crippen molar-refractivity contribution in [2.24, 2.45) is 5.10 Å². The third kappa shape index (κ3) is 10.1. The van der Waals surface area contributed by atoms with Gasteiger partial charge in [-0.15, -0.1) is 0 Å². The van der Waals surface area contributed by atoms with Crippen molar-refractivity contribution in [3.8, 4) is 0 Å². The second kappa shape index (κ2) is 13.2. The van der Waals surface area contributed by atoms with E-state index in [4.69, 9.17) is 9.47 Å². The lowest BCUT2D eigenvalue weighted by atomic mass is 10.3. The first-order chi connectivity index (χ1) is 12.5. The number of morpholine rings is 1. The molecular weight excluding hydrogens is 342 g/mol. The van der Waals surface area contributed by atoms with Gasteiger partial charge in [0.15, 0.2) is 0 Å². The summed E-state index contributed by atoms with van der Waals surface area (Å²) in [7, 11) is 1.49. The van der Waals surface area contributed by atoms with E-state index in [2.05, 4.69) is 26.1 Å². The van der Waals surface area contributed by atoms with Gasteiger partial charge in [-0.3, -0.25) is 19.3 Å². The molecule has 10 nitrogen and oxygen atoms in total. The molecule has 3 amide bonds. The van der Waals surface area contributed by atoms with Crippen LogP contribution in [0.3, 0.4) is 0 Å². The van der Waals surface area contributed by atoms with Crippen molar-refractivity contribution in [3.05, 3.63) is 0 Å². The highest BCUT2D eigenvalue weighted by Crippen LogP contribution is 1.97. The van der Waals surface area contributed by atoms with Crippen LogP contribution in [-0.2, 0) is 23.9 Å². The van der Waals surface area contributed by atoms with Crippen LogP contribution in [0.2, 0.25) is 0 Å². The number of ether oxygens (including phenoxy) is 2. The Morgan fingerprint density at radius 1 is 1.12 bits per heavy atom. The van der Waals surface area contributed by atoms with E-state index < -0.39 is 11.8 Å². The number of hydrazone groups is 1.